The van der Waals surface area contributed by atoms with Gasteiger partial charge in [0.2, 0.25) is 0 Å². The summed E-state index contributed by atoms with van der Waals surface area (Å²) in [6.07, 6.45) is 10.5. The van der Waals surface area contributed by atoms with Crippen LogP contribution >= 0.6 is 0 Å². The molecule has 4 nitrogen and oxygen atoms in total. The van der Waals surface area contributed by atoms with Crippen LogP contribution in [0.3, 0.4) is 0 Å². The van der Waals surface area contributed by atoms with Gasteiger partial charge in [0.15, 0.2) is 6.29 Å². The van der Waals surface area contributed by atoms with E-state index in [9.17, 15) is 0 Å². The van der Waals surface area contributed by atoms with E-state index in [-0.39, 0.29) is 11.8 Å². The van der Waals surface area contributed by atoms with Crippen LogP contribution in [-0.4, -0.2) is 50.6 Å². The molecular weight excluding hydrogens is 264 g/mol. The third-order valence-electron chi connectivity index (χ3n) is 6.07. The maximum atomic E-state index is 6.11. The Balaban J connectivity index is 1.94. The van der Waals surface area contributed by atoms with E-state index in [1.807, 2.05) is 0 Å². The second-order valence-corrected chi connectivity index (χ2v) is 7.35. The van der Waals surface area contributed by atoms with Crippen molar-refractivity contribution in [2.45, 2.75) is 70.1 Å². The van der Waals surface area contributed by atoms with E-state index in [1.165, 1.54) is 58.0 Å². The predicted molar refractivity (Wildman–Crippen MR) is 86.2 cm³/mol. The Labute approximate surface area is 130 Å². The van der Waals surface area contributed by atoms with Crippen molar-refractivity contribution in [2.75, 3.05) is 33.9 Å². The monoisotopic (exact) mass is 298 g/mol. The van der Waals surface area contributed by atoms with Crippen molar-refractivity contribution in [3.05, 3.63) is 0 Å². The molecule has 1 aliphatic heterocycles. The highest BCUT2D eigenvalue weighted by Crippen LogP contribution is 2.45. The van der Waals surface area contributed by atoms with Crippen LogP contribution in [0, 0.1) is 5.41 Å². The van der Waals surface area contributed by atoms with E-state index in [2.05, 4.69) is 11.8 Å². The van der Waals surface area contributed by atoms with Crippen LogP contribution in [0.2, 0.25) is 0 Å². The first-order chi connectivity index (χ1) is 10.1. The molecule has 2 N–H and O–H groups in total. The lowest BCUT2D eigenvalue weighted by Crippen LogP contribution is -2.57. The van der Waals surface area contributed by atoms with Gasteiger partial charge in [-0.1, -0.05) is 19.3 Å². The fourth-order valence-corrected chi connectivity index (χ4v) is 4.29. The van der Waals surface area contributed by atoms with E-state index in [0.29, 0.717) is 12.0 Å². The summed E-state index contributed by atoms with van der Waals surface area (Å²) in [4.78, 5) is 2.58. The van der Waals surface area contributed by atoms with Gasteiger partial charge in [0.1, 0.15) is 0 Å². The smallest absolute Gasteiger partial charge is 0.158 e. The molecule has 2 aliphatic rings. The molecule has 2 fully saturated rings. The number of hydrogen-bond acceptors (Lipinski definition) is 4. The average Bonchev–Trinajstić information content (AvgIpc) is 2.54. The first-order valence-corrected chi connectivity index (χ1v) is 8.58. The van der Waals surface area contributed by atoms with Crippen molar-refractivity contribution < 1.29 is 9.47 Å². The summed E-state index contributed by atoms with van der Waals surface area (Å²) >= 11 is 0. The molecule has 1 unspecified atom stereocenters. The molecule has 1 saturated carbocycles. The normalized spacial score (nSPS) is 26.1. The molecule has 1 aliphatic carbocycles. The van der Waals surface area contributed by atoms with E-state index in [4.69, 9.17) is 15.2 Å². The van der Waals surface area contributed by atoms with Crippen LogP contribution in [0.5, 0.6) is 0 Å². The fourth-order valence-electron chi connectivity index (χ4n) is 4.29. The molecule has 1 atom stereocenters. The van der Waals surface area contributed by atoms with Gasteiger partial charge in [-0.2, -0.15) is 0 Å². The van der Waals surface area contributed by atoms with Gasteiger partial charge in [-0.15, -0.1) is 0 Å². The topological polar surface area (TPSA) is 47.7 Å². The van der Waals surface area contributed by atoms with Gasteiger partial charge in [0, 0.05) is 32.7 Å². The molecule has 21 heavy (non-hydrogen) atoms. The third-order valence-corrected chi connectivity index (χ3v) is 6.07. The Bertz CT molecular complexity index is 304. The lowest BCUT2D eigenvalue weighted by atomic mass is 9.67. The Morgan fingerprint density at radius 1 is 1.05 bits per heavy atom. The van der Waals surface area contributed by atoms with Crippen LogP contribution in [0.15, 0.2) is 0 Å². The molecule has 2 rings (SSSR count). The highest BCUT2D eigenvalue weighted by molar-refractivity contribution is 4.95. The molecule has 1 saturated heterocycles. The summed E-state index contributed by atoms with van der Waals surface area (Å²) in [6, 6.07) is 0. The second-order valence-electron chi connectivity index (χ2n) is 7.35. The lowest BCUT2D eigenvalue weighted by molar-refractivity contribution is -0.132. The summed E-state index contributed by atoms with van der Waals surface area (Å²) in [5.41, 5.74) is 6.74. The number of ether oxygens (including phenoxy) is 2. The number of piperidine rings is 1. The van der Waals surface area contributed by atoms with Crippen LogP contribution in [0.4, 0.5) is 0 Å². The zero-order chi connectivity index (χ0) is 15.3. The second kappa shape index (κ2) is 7.40. The van der Waals surface area contributed by atoms with Crippen LogP contribution in [0.25, 0.3) is 0 Å². The summed E-state index contributed by atoms with van der Waals surface area (Å²) in [6.45, 7) is 5.27. The molecule has 1 heterocycles. The minimum Gasteiger partial charge on any atom is -0.356 e. The van der Waals surface area contributed by atoms with Crippen molar-refractivity contribution in [1.29, 1.82) is 0 Å². The minimum atomic E-state index is -0.163. The average molecular weight is 298 g/mol. The lowest BCUT2D eigenvalue weighted by Gasteiger charge is -2.50. The summed E-state index contributed by atoms with van der Waals surface area (Å²) in [7, 11) is 3.41. The summed E-state index contributed by atoms with van der Waals surface area (Å²) in [5, 5.41) is 0. The number of likely N-dealkylation sites (tertiary alicyclic amines) is 1. The number of nitrogens with zero attached hydrogens (tertiary/aromatic N) is 1. The zero-order valence-corrected chi connectivity index (χ0v) is 14.2. The van der Waals surface area contributed by atoms with E-state index in [1.54, 1.807) is 14.2 Å². The van der Waals surface area contributed by atoms with E-state index >= 15 is 0 Å². The van der Waals surface area contributed by atoms with Crippen molar-refractivity contribution in [3.63, 3.8) is 0 Å². The minimum absolute atomic E-state index is 0.0209. The van der Waals surface area contributed by atoms with Crippen molar-refractivity contribution in [3.8, 4) is 0 Å². The van der Waals surface area contributed by atoms with Crippen LogP contribution in [-0.2, 0) is 9.47 Å². The highest BCUT2D eigenvalue weighted by Gasteiger charge is 2.41. The Morgan fingerprint density at radius 3 is 2.10 bits per heavy atom. The Hall–Kier alpha value is -0.160. The number of nitrogens with two attached hydrogens (primary N) is 1. The van der Waals surface area contributed by atoms with Crippen molar-refractivity contribution in [1.82, 2.24) is 4.90 Å². The number of methoxy groups -OCH3 is 2. The van der Waals surface area contributed by atoms with Gasteiger partial charge < -0.3 is 15.2 Å². The predicted octanol–water partition coefficient (Wildman–Crippen LogP) is 2.76. The van der Waals surface area contributed by atoms with Crippen molar-refractivity contribution >= 4 is 0 Å². The molecule has 4 heteroatoms. The maximum absolute atomic E-state index is 6.11. The third kappa shape index (κ3) is 3.98. The van der Waals surface area contributed by atoms with Gasteiger partial charge in [-0.25, -0.2) is 0 Å². The van der Waals surface area contributed by atoms with Crippen LogP contribution < -0.4 is 5.73 Å². The molecule has 0 radical (unpaired) electrons. The Kier molecular flexibility index (Phi) is 6.06. The van der Waals surface area contributed by atoms with Gasteiger partial charge in [0.05, 0.1) is 0 Å². The number of hydrogen-bond donors (Lipinski definition) is 1. The number of rotatable bonds is 6. The van der Waals surface area contributed by atoms with Gasteiger partial charge in [-0.3, -0.25) is 4.90 Å². The van der Waals surface area contributed by atoms with Gasteiger partial charge in [-0.05, 0) is 51.1 Å². The molecule has 0 aromatic rings. The molecule has 1 spiro atoms. The molecule has 0 aromatic carbocycles. The van der Waals surface area contributed by atoms with E-state index in [0.717, 1.165) is 6.42 Å². The first-order valence-electron chi connectivity index (χ1n) is 8.58. The molecule has 124 valence electrons. The molecule has 0 bridgehead atoms. The Morgan fingerprint density at radius 2 is 1.62 bits per heavy atom. The molecular formula is C17H34N2O2. The molecule has 0 aromatic heterocycles. The fraction of sp³-hybridized carbons (Fsp3) is 1.00. The quantitative estimate of drug-likeness (QED) is 0.766. The molecule has 0 amide bonds. The largest absolute Gasteiger partial charge is 0.356 e. The van der Waals surface area contributed by atoms with E-state index < -0.39 is 0 Å². The maximum Gasteiger partial charge on any atom is 0.158 e. The highest BCUT2D eigenvalue weighted by atomic mass is 16.7. The standard InChI is InChI=1S/C17H34N2O2/c1-16(14-18,13-15(20-2)21-3)19-11-9-17(10-12-19)7-5-4-6-8-17/h15H,4-14,18H2,1-3H3. The SMILES string of the molecule is COC(CC(C)(CN)N1CCC2(CCCCC2)CC1)OC. The van der Waals surface area contributed by atoms with Crippen LogP contribution in [0.1, 0.15) is 58.3 Å². The summed E-state index contributed by atoms with van der Waals surface area (Å²) in [5.74, 6) is 0. The summed E-state index contributed by atoms with van der Waals surface area (Å²) < 4.78 is 10.8. The van der Waals surface area contributed by atoms with Gasteiger partial charge >= 0.3 is 0 Å². The van der Waals surface area contributed by atoms with Crippen molar-refractivity contribution in [2.24, 2.45) is 11.1 Å². The first kappa shape index (κ1) is 17.2. The van der Waals surface area contributed by atoms with Gasteiger partial charge in [0.25, 0.3) is 0 Å². The zero-order valence-electron chi connectivity index (χ0n) is 14.2.